The number of nitrogens with one attached hydrogen (secondary N) is 1. The van der Waals surface area contributed by atoms with Gasteiger partial charge < -0.3 is 4.74 Å². The quantitative estimate of drug-likeness (QED) is 0.356. The van der Waals surface area contributed by atoms with Crippen LogP contribution < -0.4 is 10.2 Å². The van der Waals surface area contributed by atoms with Crippen molar-refractivity contribution in [3.8, 4) is 5.75 Å². The maximum atomic E-state index is 10.8. The molecule has 0 atom stereocenters. The molecule has 2 aromatic carbocycles. The van der Waals surface area contributed by atoms with Gasteiger partial charge in [-0.25, -0.2) is 5.43 Å². The summed E-state index contributed by atoms with van der Waals surface area (Å²) in [6.07, 6.45) is 1.57. The van der Waals surface area contributed by atoms with Crippen LogP contribution in [0, 0.1) is 0 Å². The third-order valence-corrected chi connectivity index (χ3v) is 4.00. The second kappa shape index (κ2) is 9.22. The Labute approximate surface area is 144 Å². The van der Waals surface area contributed by atoms with Gasteiger partial charge in [0.1, 0.15) is 5.75 Å². The molecule has 0 bridgehead atoms. The van der Waals surface area contributed by atoms with Crippen LogP contribution >= 0.6 is 23.4 Å². The van der Waals surface area contributed by atoms with Gasteiger partial charge in [-0.05, 0) is 36.4 Å². The van der Waals surface area contributed by atoms with Gasteiger partial charge in [0.15, 0.2) is 0 Å². The zero-order valence-electron chi connectivity index (χ0n) is 12.7. The number of carbonyl (C=O) groups is 1. The second-order valence-corrected chi connectivity index (χ2v) is 6.22. The van der Waals surface area contributed by atoms with E-state index >= 15 is 0 Å². The molecule has 6 heteroatoms. The van der Waals surface area contributed by atoms with Gasteiger partial charge in [0, 0.05) is 28.2 Å². The van der Waals surface area contributed by atoms with E-state index in [9.17, 15) is 4.79 Å². The van der Waals surface area contributed by atoms with E-state index in [-0.39, 0.29) is 5.91 Å². The molecule has 0 spiro atoms. The summed E-state index contributed by atoms with van der Waals surface area (Å²) in [6, 6.07) is 15.3. The monoisotopic (exact) mass is 348 g/mol. The highest BCUT2D eigenvalue weighted by Gasteiger charge is 2.01. The van der Waals surface area contributed by atoms with E-state index in [0.29, 0.717) is 6.61 Å². The Bertz CT molecular complexity index is 675. The fourth-order valence-electron chi connectivity index (χ4n) is 1.75. The number of thioether (sulfide) groups is 1. The average molecular weight is 349 g/mol. The number of rotatable bonds is 7. The van der Waals surface area contributed by atoms with Gasteiger partial charge in [-0.3, -0.25) is 4.79 Å². The van der Waals surface area contributed by atoms with Crippen molar-refractivity contribution in [3.05, 3.63) is 59.1 Å². The molecule has 0 aliphatic rings. The van der Waals surface area contributed by atoms with Crippen molar-refractivity contribution >= 4 is 35.5 Å². The van der Waals surface area contributed by atoms with Gasteiger partial charge in [0.25, 0.3) is 0 Å². The predicted octanol–water partition coefficient (Wildman–Crippen LogP) is 3.98. The molecule has 2 aromatic rings. The standard InChI is InChI=1S/C17H17ClN2O2S/c1-13(21)20-19-12-14-4-2-3-5-17(14)22-10-11-23-16-8-6-15(18)7-9-16/h2-9,12H,10-11H2,1H3,(H,20,21). The Morgan fingerprint density at radius 1 is 1.26 bits per heavy atom. The van der Waals surface area contributed by atoms with Crippen molar-refractivity contribution in [3.63, 3.8) is 0 Å². The number of carbonyl (C=O) groups excluding carboxylic acids is 1. The summed E-state index contributed by atoms with van der Waals surface area (Å²) in [6.45, 7) is 1.98. The SMILES string of the molecule is CC(=O)NN=Cc1ccccc1OCCSc1ccc(Cl)cc1. The van der Waals surface area contributed by atoms with Gasteiger partial charge >= 0.3 is 0 Å². The highest BCUT2D eigenvalue weighted by Crippen LogP contribution is 2.21. The molecule has 23 heavy (non-hydrogen) atoms. The van der Waals surface area contributed by atoms with Crippen molar-refractivity contribution in [2.45, 2.75) is 11.8 Å². The Morgan fingerprint density at radius 2 is 2.00 bits per heavy atom. The number of para-hydroxylation sites is 1. The molecule has 0 radical (unpaired) electrons. The lowest BCUT2D eigenvalue weighted by atomic mass is 10.2. The van der Waals surface area contributed by atoms with Crippen LogP contribution in [0.25, 0.3) is 0 Å². The lowest BCUT2D eigenvalue weighted by Crippen LogP contribution is -2.12. The summed E-state index contributed by atoms with van der Waals surface area (Å²) >= 11 is 7.56. The fraction of sp³-hybridized carbons (Fsp3) is 0.176. The second-order valence-electron chi connectivity index (χ2n) is 4.61. The molecule has 2 rings (SSSR count). The fourth-order valence-corrected chi connectivity index (χ4v) is 2.61. The molecule has 0 saturated heterocycles. The van der Waals surface area contributed by atoms with Crippen LogP contribution in [0.15, 0.2) is 58.5 Å². The third kappa shape index (κ3) is 6.34. The first kappa shape index (κ1) is 17.4. The first-order chi connectivity index (χ1) is 11.1. The van der Waals surface area contributed by atoms with Crippen molar-refractivity contribution in [2.75, 3.05) is 12.4 Å². The number of hydrazone groups is 1. The summed E-state index contributed by atoms with van der Waals surface area (Å²) in [5, 5.41) is 4.60. The minimum atomic E-state index is -0.209. The van der Waals surface area contributed by atoms with Crippen LogP contribution in [0.4, 0.5) is 0 Å². The largest absolute Gasteiger partial charge is 0.492 e. The van der Waals surface area contributed by atoms with E-state index in [1.54, 1.807) is 18.0 Å². The van der Waals surface area contributed by atoms with E-state index in [2.05, 4.69) is 10.5 Å². The number of halogens is 1. The summed E-state index contributed by atoms with van der Waals surface area (Å²) in [5.74, 6) is 1.34. The molecule has 0 aromatic heterocycles. The third-order valence-electron chi connectivity index (χ3n) is 2.77. The highest BCUT2D eigenvalue weighted by molar-refractivity contribution is 7.99. The van der Waals surface area contributed by atoms with Crippen LogP contribution in [0.3, 0.4) is 0 Å². The normalized spacial score (nSPS) is 10.7. The number of benzene rings is 2. The van der Waals surface area contributed by atoms with E-state index in [1.165, 1.54) is 6.92 Å². The number of hydrogen-bond donors (Lipinski definition) is 1. The van der Waals surface area contributed by atoms with Crippen LogP contribution in [0.5, 0.6) is 5.75 Å². The molecule has 0 saturated carbocycles. The van der Waals surface area contributed by atoms with Crippen LogP contribution in [0.2, 0.25) is 5.02 Å². The summed E-state index contributed by atoms with van der Waals surface area (Å²) in [5.41, 5.74) is 3.19. The molecule has 1 amide bonds. The van der Waals surface area contributed by atoms with Crippen LogP contribution in [-0.4, -0.2) is 24.5 Å². The first-order valence-corrected chi connectivity index (χ1v) is 8.41. The predicted molar refractivity (Wildman–Crippen MR) is 95.5 cm³/mol. The maximum Gasteiger partial charge on any atom is 0.236 e. The summed E-state index contributed by atoms with van der Waals surface area (Å²) in [4.78, 5) is 12.0. The highest BCUT2D eigenvalue weighted by atomic mass is 35.5. The Balaban J connectivity index is 1.84. The molecule has 0 unspecified atom stereocenters. The van der Waals surface area contributed by atoms with Crippen molar-refractivity contribution in [1.82, 2.24) is 5.43 Å². The molecule has 4 nitrogen and oxygen atoms in total. The van der Waals surface area contributed by atoms with Gasteiger partial charge in [-0.1, -0.05) is 23.7 Å². The van der Waals surface area contributed by atoms with Gasteiger partial charge in [0.2, 0.25) is 5.91 Å². The zero-order valence-corrected chi connectivity index (χ0v) is 14.2. The summed E-state index contributed by atoms with van der Waals surface area (Å²) in [7, 11) is 0. The van der Waals surface area contributed by atoms with E-state index in [1.807, 2.05) is 48.5 Å². The molecular formula is C17H17ClN2O2S. The van der Waals surface area contributed by atoms with Crippen molar-refractivity contribution in [1.29, 1.82) is 0 Å². The topological polar surface area (TPSA) is 50.7 Å². The van der Waals surface area contributed by atoms with E-state index in [0.717, 1.165) is 27.0 Å². The van der Waals surface area contributed by atoms with Gasteiger partial charge in [-0.15, -0.1) is 11.8 Å². The number of ether oxygens (including phenoxy) is 1. The Morgan fingerprint density at radius 3 is 2.74 bits per heavy atom. The number of nitrogens with zero attached hydrogens (tertiary/aromatic N) is 1. The maximum absolute atomic E-state index is 10.8. The van der Waals surface area contributed by atoms with E-state index in [4.69, 9.17) is 16.3 Å². The Kier molecular flexibility index (Phi) is 6.97. The van der Waals surface area contributed by atoms with Crippen molar-refractivity contribution in [2.24, 2.45) is 5.10 Å². The molecular weight excluding hydrogens is 332 g/mol. The molecule has 0 fully saturated rings. The first-order valence-electron chi connectivity index (χ1n) is 7.05. The lowest BCUT2D eigenvalue weighted by molar-refractivity contribution is -0.118. The van der Waals surface area contributed by atoms with Crippen molar-refractivity contribution < 1.29 is 9.53 Å². The molecule has 0 aliphatic heterocycles. The lowest BCUT2D eigenvalue weighted by Gasteiger charge is -2.08. The van der Waals surface area contributed by atoms with E-state index < -0.39 is 0 Å². The average Bonchev–Trinajstić information content (AvgIpc) is 2.54. The molecule has 0 aliphatic carbocycles. The molecule has 0 heterocycles. The Hall–Kier alpha value is -1.98. The molecule has 120 valence electrons. The molecule has 1 N–H and O–H groups in total. The summed E-state index contributed by atoms with van der Waals surface area (Å²) < 4.78 is 5.79. The zero-order chi connectivity index (χ0) is 16.5. The number of hydrogen-bond acceptors (Lipinski definition) is 4. The minimum Gasteiger partial charge on any atom is -0.492 e. The van der Waals surface area contributed by atoms with Crippen LogP contribution in [-0.2, 0) is 4.79 Å². The van der Waals surface area contributed by atoms with Gasteiger partial charge in [-0.2, -0.15) is 5.10 Å². The van der Waals surface area contributed by atoms with Gasteiger partial charge in [0.05, 0.1) is 12.8 Å². The van der Waals surface area contributed by atoms with Crippen LogP contribution in [0.1, 0.15) is 12.5 Å². The smallest absolute Gasteiger partial charge is 0.236 e. The number of amides is 1. The minimum absolute atomic E-state index is 0.209.